The summed E-state index contributed by atoms with van der Waals surface area (Å²) < 4.78 is 12.2. The molecule has 0 aromatic heterocycles. The zero-order chi connectivity index (χ0) is 21.7. The van der Waals surface area contributed by atoms with Gasteiger partial charge in [0.15, 0.2) is 0 Å². The number of aliphatic hydroxyl groups is 1. The van der Waals surface area contributed by atoms with Crippen molar-refractivity contribution in [1.82, 2.24) is 0 Å². The van der Waals surface area contributed by atoms with Crippen LogP contribution >= 0.6 is 0 Å². The summed E-state index contributed by atoms with van der Waals surface area (Å²) in [5, 5.41) is 11.3. The van der Waals surface area contributed by atoms with E-state index in [9.17, 15) is 9.32 Å². The van der Waals surface area contributed by atoms with Crippen LogP contribution in [0.25, 0.3) is 0 Å². The van der Waals surface area contributed by atoms with Crippen molar-refractivity contribution in [3.63, 3.8) is 0 Å². The van der Waals surface area contributed by atoms with E-state index in [4.69, 9.17) is 0 Å². The van der Waals surface area contributed by atoms with Gasteiger partial charge < -0.3 is 5.11 Å². The lowest BCUT2D eigenvalue weighted by Gasteiger charge is -2.43. The molecule has 0 amide bonds. The van der Waals surface area contributed by atoms with Crippen molar-refractivity contribution in [2.45, 2.75) is 109 Å². The summed E-state index contributed by atoms with van der Waals surface area (Å²) in [7, 11) is -0.841. The monoisotopic (exact) mass is 432 g/mol. The van der Waals surface area contributed by atoms with Crippen LogP contribution in [0.5, 0.6) is 0 Å². The van der Waals surface area contributed by atoms with Gasteiger partial charge in [-0.3, -0.25) is 4.21 Å². The molecule has 0 spiro atoms. The lowest BCUT2D eigenvalue weighted by molar-refractivity contribution is 0.0683. The second-order valence-corrected chi connectivity index (χ2v) is 12.0. The minimum Gasteiger partial charge on any atom is -0.392 e. The Bertz CT molecular complexity index is 703. The number of rotatable bonds is 11. The van der Waals surface area contributed by atoms with Crippen LogP contribution in [0.1, 0.15) is 108 Å². The Morgan fingerprint density at radius 2 is 1.80 bits per heavy atom. The van der Waals surface area contributed by atoms with Crippen molar-refractivity contribution in [2.75, 3.05) is 12.0 Å². The fraction of sp³-hybridized carbons (Fsp3) is 0.778. The van der Waals surface area contributed by atoms with Crippen LogP contribution in [-0.4, -0.2) is 27.4 Å². The molecule has 170 valence electrons. The van der Waals surface area contributed by atoms with E-state index in [1.165, 1.54) is 61.6 Å². The topological polar surface area (TPSA) is 37.3 Å². The van der Waals surface area contributed by atoms with Crippen molar-refractivity contribution in [2.24, 2.45) is 11.8 Å². The van der Waals surface area contributed by atoms with Crippen LogP contribution in [0, 0.1) is 11.8 Å². The average molecular weight is 433 g/mol. The van der Waals surface area contributed by atoms with Crippen LogP contribution in [0.15, 0.2) is 18.2 Å². The van der Waals surface area contributed by atoms with Crippen LogP contribution in [0.2, 0.25) is 0 Å². The summed E-state index contributed by atoms with van der Waals surface area (Å²) in [6, 6.07) is 6.88. The summed E-state index contributed by atoms with van der Waals surface area (Å²) in [5.41, 5.74) is 4.13. The number of aliphatic hydroxyl groups excluding tert-OH is 1. The third kappa shape index (κ3) is 5.76. The highest BCUT2D eigenvalue weighted by Crippen LogP contribution is 2.47. The molecule has 4 unspecified atom stereocenters. The van der Waals surface area contributed by atoms with Gasteiger partial charge in [0, 0.05) is 28.2 Å². The SMILES string of the molecule is CCC(C)c1cccc(C(CCS(C)=O)(CC2CCCCC2)C(C)O)c1CC1CC1. The fourth-order valence-corrected chi connectivity index (χ4v) is 6.43. The third-order valence-electron chi connectivity index (χ3n) is 8.09. The van der Waals surface area contributed by atoms with Crippen molar-refractivity contribution in [3.05, 3.63) is 34.9 Å². The molecule has 2 saturated carbocycles. The van der Waals surface area contributed by atoms with Gasteiger partial charge in [-0.15, -0.1) is 0 Å². The van der Waals surface area contributed by atoms with E-state index in [0.29, 0.717) is 17.6 Å². The molecule has 0 aliphatic heterocycles. The molecule has 0 heterocycles. The van der Waals surface area contributed by atoms with Gasteiger partial charge in [-0.25, -0.2) is 0 Å². The van der Waals surface area contributed by atoms with E-state index in [1.807, 2.05) is 13.2 Å². The lowest BCUT2D eigenvalue weighted by atomic mass is 9.64. The maximum atomic E-state index is 12.2. The van der Waals surface area contributed by atoms with Gasteiger partial charge in [-0.2, -0.15) is 0 Å². The van der Waals surface area contributed by atoms with Gasteiger partial charge in [0.25, 0.3) is 0 Å². The molecule has 2 aliphatic carbocycles. The Morgan fingerprint density at radius 3 is 2.37 bits per heavy atom. The van der Waals surface area contributed by atoms with Gasteiger partial charge in [0.1, 0.15) is 0 Å². The number of benzene rings is 1. The van der Waals surface area contributed by atoms with E-state index in [0.717, 1.165) is 31.6 Å². The Morgan fingerprint density at radius 1 is 1.10 bits per heavy atom. The van der Waals surface area contributed by atoms with Crippen molar-refractivity contribution < 1.29 is 9.32 Å². The zero-order valence-electron chi connectivity index (χ0n) is 19.8. The predicted molar refractivity (Wildman–Crippen MR) is 130 cm³/mol. The molecule has 2 aliphatic rings. The first kappa shape index (κ1) is 24.0. The molecule has 1 N–H and O–H groups in total. The van der Waals surface area contributed by atoms with Gasteiger partial charge in [-0.1, -0.05) is 64.2 Å². The van der Waals surface area contributed by atoms with Crippen LogP contribution < -0.4 is 0 Å². The highest BCUT2D eigenvalue weighted by atomic mass is 32.2. The molecule has 0 saturated heterocycles. The van der Waals surface area contributed by atoms with Crippen LogP contribution in [0.4, 0.5) is 0 Å². The molecule has 1 aromatic carbocycles. The Balaban J connectivity index is 2.09. The van der Waals surface area contributed by atoms with Gasteiger partial charge in [0.2, 0.25) is 0 Å². The molecule has 2 nitrogen and oxygen atoms in total. The predicted octanol–water partition coefficient (Wildman–Crippen LogP) is 6.51. The highest BCUT2D eigenvalue weighted by Gasteiger charge is 2.42. The molecule has 3 rings (SSSR count). The summed E-state index contributed by atoms with van der Waals surface area (Å²) in [4.78, 5) is 0. The van der Waals surface area contributed by atoms with Gasteiger partial charge >= 0.3 is 0 Å². The summed E-state index contributed by atoms with van der Waals surface area (Å²) >= 11 is 0. The molecule has 2 fully saturated rings. The van der Waals surface area contributed by atoms with E-state index < -0.39 is 16.9 Å². The van der Waals surface area contributed by atoms with Crippen molar-refractivity contribution in [1.29, 1.82) is 0 Å². The molecule has 0 radical (unpaired) electrons. The third-order valence-corrected chi connectivity index (χ3v) is 8.87. The first-order valence-electron chi connectivity index (χ1n) is 12.5. The second kappa shape index (κ2) is 10.8. The minimum atomic E-state index is -0.841. The van der Waals surface area contributed by atoms with Crippen LogP contribution in [0.3, 0.4) is 0 Å². The maximum Gasteiger partial charge on any atom is 0.0609 e. The van der Waals surface area contributed by atoms with Crippen molar-refractivity contribution >= 4 is 10.8 Å². The van der Waals surface area contributed by atoms with E-state index >= 15 is 0 Å². The molecular formula is C27H44O2S. The largest absolute Gasteiger partial charge is 0.392 e. The molecular weight excluding hydrogens is 388 g/mol. The summed E-state index contributed by atoms with van der Waals surface area (Å²) in [6.45, 7) is 6.63. The zero-order valence-corrected chi connectivity index (χ0v) is 20.6. The lowest BCUT2D eigenvalue weighted by Crippen LogP contribution is -2.42. The van der Waals surface area contributed by atoms with Gasteiger partial charge in [-0.05, 0) is 79.9 Å². The average Bonchev–Trinajstić information content (AvgIpc) is 3.55. The molecule has 4 atom stereocenters. The Kier molecular flexibility index (Phi) is 8.61. The molecule has 3 heteroatoms. The van der Waals surface area contributed by atoms with Crippen molar-refractivity contribution in [3.8, 4) is 0 Å². The van der Waals surface area contributed by atoms with E-state index in [-0.39, 0.29) is 5.41 Å². The smallest absolute Gasteiger partial charge is 0.0609 e. The summed E-state index contributed by atoms with van der Waals surface area (Å²) in [6.07, 6.45) is 14.8. The Hall–Kier alpha value is -0.670. The van der Waals surface area contributed by atoms with E-state index in [1.54, 1.807) is 0 Å². The van der Waals surface area contributed by atoms with E-state index in [2.05, 4.69) is 32.0 Å². The van der Waals surface area contributed by atoms with Gasteiger partial charge in [0.05, 0.1) is 6.10 Å². The number of hydrogen-bond donors (Lipinski definition) is 1. The molecule has 1 aromatic rings. The highest BCUT2D eigenvalue weighted by molar-refractivity contribution is 7.84. The normalized spacial score (nSPS) is 23.0. The minimum absolute atomic E-state index is 0.276. The first-order valence-corrected chi connectivity index (χ1v) is 14.2. The maximum absolute atomic E-state index is 12.2. The standard InChI is InChI=1S/C27H44O2S/c1-5-20(2)24-12-9-13-26(25(24)18-22-14-15-22)27(21(3)28,16-17-30(4)29)19-23-10-7-6-8-11-23/h9,12-13,20-23,28H,5-8,10-11,14-19H2,1-4H3. The van der Waals surface area contributed by atoms with Crippen LogP contribution in [-0.2, 0) is 22.6 Å². The first-order chi connectivity index (χ1) is 14.4. The molecule has 30 heavy (non-hydrogen) atoms. The second-order valence-electron chi connectivity index (χ2n) is 10.4. The fourth-order valence-electron chi connectivity index (χ4n) is 5.77. The Labute approximate surface area is 187 Å². The molecule has 0 bridgehead atoms. The summed E-state index contributed by atoms with van der Waals surface area (Å²) in [5.74, 6) is 2.71. The number of hydrogen-bond acceptors (Lipinski definition) is 2. The quantitative estimate of drug-likeness (QED) is 0.433.